The van der Waals surface area contributed by atoms with Crippen molar-refractivity contribution in [2.75, 3.05) is 0 Å². The van der Waals surface area contributed by atoms with Crippen LogP contribution in [0.4, 0.5) is 0 Å². The molecule has 1 fully saturated rings. The van der Waals surface area contributed by atoms with Crippen LogP contribution in [0.5, 0.6) is 0 Å². The number of ketones is 2. The molecule has 0 bridgehead atoms. The molecule has 0 spiro atoms. The van der Waals surface area contributed by atoms with Crippen LogP contribution in [-0.2, 0) is 18.6 Å². The molecule has 0 heterocycles. The second kappa shape index (κ2) is 4.13. The Kier molecular flexibility index (Phi) is 3.31. The molecule has 0 amide bonds. The van der Waals surface area contributed by atoms with Gasteiger partial charge in [0.2, 0.25) is 5.78 Å². The Hall–Kier alpha value is -0.840. The topological polar surface area (TPSA) is 60.4 Å². The Morgan fingerprint density at radius 3 is 2.29 bits per heavy atom. The third-order valence-corrected chi connectivity index (χ3v) is 2.70. The summed E-state index contributed by atoms with van der Waals surface area (Å²) in [6.07, 6.45) is 2.89. The van der Waals surface area contributed by atoms with Crippen LogP contribution in [0.15, 0.2) is 0 Å². The summed E-state index contributed by atoms with van der Waals surface area (Å²) in [5.74, 6) is -2.87. The normalized spacial score (nSPS) is 17.3. The third kappa shape index (κ3) is 1.97. The van der Waals surface area contributed by atoms with Crippen LogP contribution in [0.2, 0.25) is 0 Å². The van der Waals surface area contributed by atoms with Crippen LogP contribution in [0.1, 0.15) is 32.6 Å². The summed E-state index contributed by atoms with van der Waals surface area (Å²) < 4.78 is 3.92. The van der Waals surface area contributed by atoms with E-state index in [1.54, 1.807) is 0 Å². The fourth-order valence-electron chi connectivity index (χ4n) is 1.60. The lowest BCUT2D eigenvalue weighted by molar-refractivity contribution is -0.152. The number of Topliss-reactive ketones (excluding diaryl/α,β-unsaturated/α-hetero) is 2. The van der Waals surface area contributed by atoms with Crippen molar-refractivity contribution in [1.29, 1.82) is 0 Å². The van der Waals surface area contributed by atoms with Gasteiger partial charge in [-0.2, -0.15) is 0 Å². The average Bonchev–Trinajstić information content (AvgIpc) is 2.96. The molecule has 5 heteroatoms. The molecule has 0 N–H and O–H groups in total. The van der Waals surface area contributed by atoms with Gasteiger partial charge in [0.15, 0.2) is 0 Å². The minimum Gasteiger partial charge on any atom is -0.389 e. The molecule has 1 aliphatic carbocycles. The van der Waals surface area contributed by atoms with E-state index in [1.165, 1.54) is 0 Å². The van der Waals surface area contributed by atoms with E-state index >= 15 is 0 Å². The zero-order valence-electron chi connectivity index (χ0n) is 7.91. The SMILES string of the molecule is CCCC1(C(=O)C(=O)C(=O)OS)CC1. The Bertz CT molecular complexity index is 281. The predicted molar refractivity (Wildman–Crippen MR) is 51.7 cm³/mol. The summed E-state index contributed by atoms with van der Waals surface area (Å²) in [7, 11) is 0. The van der Waals surface area contributed by atoms with Crippen LogP contribution < -0.4 is 0 Å². The van der Waals surface area contributed by atoms with Crippen molar-refractivity contribution in [3.05, 3.63) is 0 Å². The number of rotatable bonds is 5. The van der Waals surface area contributed by atoms with Crippen molar-refractivity contribution < 1.29 is 18.6 Å². The Balaban J connectivity index is 2.66. The lowest BCUT2D eigenvalue weighted by atomic mass is 9.92. The molecule has 14 heavy (non-hydrogen) atoms. The molecule has 0 aromatic rings. The van der Waals surface area contributed by atoms with E-state index in [0.29, 0.717) is 19.3 Å². The first-order valence-electron chi connectivity index (χ1n) is 4.52. The molecule has 1 rings (SSSR count). The monoisotopic (exact) mass is 216 g/mol. The highest BCUT2D eigenvalue weighted by molar-refractivity contribution is 7.75. The van der Waals surface area contributed by atoms with E-state index in [9.17, 15) is 14.4 Å². The molecule has 4 nitrogen and oxygen atoms in total. The van der Waals surface area contributed by atoms with Crippen LogP contribution >= 0.6 is 12.9 Å². The van der Waals surface area contributed by atoms with Gasteiger partial charge in [-0.3, -0.25) is 9.59 Å². The second-order valence-electron chi connectivity index (χ2n) is 3.57. The van der Waals surface area contributed by atoms with Gasteiger partial charge in [-0.1, -0.05) is 13.3 Å². The average molecular weight is 216 g/mol. The highest BCUT2D eigenvalue weighted by atomic mass is 32.1. The highest BCUT2D eigenvalue weighted by Crippen LogP contribution is 2.50. The molecule has 0 aromatic heterocycles. The summed E-state index contributed by atoms with van der Waals surface area (Å²) in [5.41, 5.74) is -0.562. The third-order valence-electron chi connectivity index (χ3n) is 2.54. The molecule has 0 aliphatic heterocycles. The zero-order chi connectivity index (χ0) is 10.8. The van der Waals surface area contributed by atoms with Crippen molar-refractivity contribution in [2.24, 2.45) is 5.41 Å². The van der Waals surface area contributed by atoms with E-state index in [4.69, 9.17) is 0 Å². The number of carbonyl (C=O) groups is 3. The molecular weight excluding hydrogens is 204 g/mol. The lowest BCUT2D eigenvalue weighted by Gasteiger charge is -2.09. The minimum atomic E-state index is -1.18. The molecule has 1 aliphatic rings. The summed E-state index contributed by atoms with van der Waals surface area (Å²) >= 11 is 3.20. The molecule has 0 unspecified atom stereocenters. The fraction of sp³-hybridized carbons (Fsp3) is 0.667. The smallest absolute Gasteiger partial charge is 0.389 e. The maximum Gasteiger partial charge on any atom is 0.394 e. The van der Waals surface area contributed by atoms with Gasteiger partial charge in [-0.15, -0.1) is 0 Å². The summed E-state index contributed by atoms with van der Waals surface area (Å²) in [5, 5.41) is 0. The quantitative estimate of drug-likeness (QED) is 0.323. The highest BCUT2D eigenvalue weighted by Gasteiger charge is 2.52. The largest absolute Gasteiger partial charge is 0.394 e. The van der Waals surface area contributed by atoms with E-state index in [1.807, 2.05) is 6.92 Å². The minimum absolute atomic E-state index is 0.562. The van der Waals surface area contributed by atoms with Gasteiger partial charge in [0, 0.05) is 18.3 Å². The number of hydrogen-bond donors (Lipinski definition) is 1. The lowest BCUT2D eigenvalue weighted by Crippen LogP contribution is -2.31. The molecule has 78 valence electrons. The van der Waals surface area contributed by atoms with Gasteiger partial charge >= 0.3 is 11.8 Å². The van der Waals surface area contributed by atoms with E-state index in [-0.39, 0.29) is 0 Å². The zero-order valence-corrected chi connectivity index (χ0v) is 8.80. The standard InChI is InChI=1S/C9H12O4S/c1-2-3-9(4-5-9)7(11)6(10)8(12)13-14/h14H,2-5H2,1H3. The van der Waals surface area contributed by atoms with Gasteiger partial charge < -0.3 is 4.18 Å². The molecule has 0 saturated heterocycles. The number of hydrogen-bond acceptors (Lipinski definition) is 5. The van der Waals surface area contributed by atoms with E-state index in [2.05, 4.69) is 17.1 Å². The van der Waals surface area contributed by atoms with Gasteiger partial charge in [0.25, 0.3) is 0 Å². The first-order chi connectivity index (χ1) is 6.57. The van der Waals surface area contributed by atoms with Crippen molar-refractivity contribution >= 4 is 30.4 Å². The summed E-state index contributed by atoms with van der Waals surface area (Å²) in [4.78, 5) is 33.5. The Morgan fingerprint density at radius 1 is 1.36 bits per heavy atom. The van der Waals surface area contributed by atoms with Crippen LogP contribution in [0, 0.1) is 5.41 Å². The van der Waals surface area contributed by atoms with Gasteiger partial charge in [0.05, 0.1) is 0 Å². The van der Waals surface area contributed by atoms with Crippen LogP contribution in [0.25, 0.3) is 0 Å². The summed E-state index contributed by atoms with van der Waals surface area (Å²) in [6.45, 7) is 1.94. The molecular formula is C9H12O4S. The maximum absolute atomic E-state index is 11.5. The van der Waals surface area contributed by atoms with E-state index < -0.39 is 23.0 Å². The van der Waals surface area contributed by atoms with Crippen molar-refractivity contribution in [3.8, 4) is 0 Å². The molecule has 1 saturated carbocycles. The Labute approximate surface area is 87.6 Å². The van der Waals surface area contributed by atoms with Crippen molar-refractivity contribution in [3.63, 3.8) is 0 Å². The van der Waals surface area contributed by atoms with Gasteiger partial charge in [-0.25, -0.2) is 4.79 Å². The first kappa shape index (κ1) is 11.2. The molecule has 0 atom stereocenters. The second-order valence-corrected chi connectivity index (χ2v) is 3.75. The predicted octanol–water partition coefficient (Wildman–Crippen LogP) is 1.09. The van der Waals surface area contributed by atoms with E-state index in [0.717, 1.165) is 6.42 Å². The number of thiol groups is 1. The van der Waals surface area contributed by atoms with Crippen LogP contribution in [-0.4, -0.2) is 17.5 Å². The van der Waals surface area contributed by atoms with Crippen molar-refractivity contribution in [2.45, 2.75) is 32.6 Å². The van der Waals surface area contributed by atoms with Gasteiger partial charge in [0.1, 0.15) is 0 Å². The van der Waals surface area contributed by atoms with Gasteiger partial charge in [-0.05, 0) is 19.3 Å². The first-order valence-corrected chi connectivity index (χ1v) is 4.88. The molecule has 0 radical (unpaired) electrons. The van der Waals surface area contributed by atoms with Crippen LogP contribution in [0.3, 0.4) is 0 Å². The number of carbonyl (C=O) groups excluding carboxylic acids is 3. The maximum atomic E-state index is 11.5. The van der Waals surface area contributed by atoms with Crippen molar-refractivity contribution in [1.82, 2.24) is 0 Å². The molecule has 0 aromatic carbocycles. The fourth-order valence-corrected chi connectivity index (χ4v) is 1.68. The Morgan fingerprint density at radius 2 is 1.93 bits per heavy atom. The summed E-state index contributed by atoms with van der Waals surface area (Å²) in [6, 6.07) is 0.